The largest absolute Gasteiger partial charge is 0.508 e. The highest BCUT2D eigenvalue weighted by Crippen LogP contribution is 2.41. The van der Waals surface area contributed by atoms with Crippen molar-refractivity contribution in [2.24, 2.45) is 0 Å². The minimum atomic E-state index is -0.615. The Morgan fingerprint density at radius 1 is 1.18 bits per heavy atom. The number of piperazine rings is 1. The average molecular weight is 455 g/mol. The van der Waals surface area contributed by atoms with E-state index in [1.54, 1.807) is 12.3 Å². The lowest BCUT2D eigenvalue weighted by Crippen LogP contribution is -2.51. The maximum absolute atomic E-state index is 16.1. The molecule has 0 radical (unpaired) electrons. The van der Waals surface area contributed by atoms with Crippen LogP contribution in [-0.2, 0) is 0 Å². The minimum Gasteiger partial charge on any atom is -0.508 e. The summed E-state index contributed by atoms with van der Waals surface area (Å²) in [5, 5.41) is 25.8. The molecule has 0 amide bonds. The fraction of sp³-hybridized carbons (Fsp3) is 0.269. The summed E-state index contributed by atoms with van der Waals surface area (Å²) in [5.74, 6) is -0.500. The smallest absolute Gasteiger partial charge is 0.234 e. The van der Waals surface area contributed by atoms with Gasteiger partial charge in [0.25, 0.3) is 0 Å². The number of aromatic hydroxyl groups is 1. The maximum atomic E-state index is 16.1. The number of methoxy groups -OCH3 is 1. The van der Waals surface area contributed by atoms with Crippen molar-refractivity contribution >= 4 is 27.4 Å². The van der Waals surface area contributed by atoms with E-state index in [9.17, 15) is 10.4 Å². The van der Waals surface area contributed by atoms with E-state index in [-0.39, 0.29) is 28.4 Å². The lowest BCUT2D eigenvalue weighted by atomic mass is 9.99. The van der Waals surface area contributed by atoms with Crippen LogP contribution >= 0.6 is 0 Å². The summed E-state index contributed by atoms with van der Waals surface area (Å²) in [6, 6.07) is 13.5. The van der Waals surface area contributed by atoms with Crippen molar-refractivity contribution in [1.82, 2.24) is 15.3 Å². The van der Waals surface area contributed by atoms with Gasteiger partial charge in [0, 0.05) is 42.3 Å². The number of benzene rings is 2. The van der Waals surface area contributed by atoms with Crippen LogP contribution in [0.1, 0.15) is 18.4 Å². The summed E-state index contributed by atoms with van der Waals surface area (Å²) in [6.45, 7) is 1.43. The van der Waals surface area contributed by atoms with Crippen molar-refractivity contribution < 1.29 is 14.2 Å². The molecule has 2 saturated heterocycles. The monoisotopic (exact) mass is 455 g/mol. The number of nitrogens with zero attached hydrogens (tertiary/aromatic N) is 4. The molecule has 34 heavy (non-hydrogen) atoms. The summed E-state index contributed by atoms with van der Waals surface area (Å²) in [5.41, 5.74) is 1.55. The number of aromatic nitrogens is 2. The van der Waals surface area contributed by atoms with E-state index >= 15 is 4.39 Å². The van der Waals surface area contributed by atoms with Crippen molar-refractivity contribution in [2.75, 3.05) is 25.1 Å². The number of rotatable bonds is 3. The second-order valence-electron chi connectivity index (χ2n) is 8.90. The lowest BCUT2D eigenvalue weighted by Gasteiger charge is -2.35. The normalized spacial score (nSPS) is 19.5. The summed E-state index contributed by atoms with van der Waals surface area (Å²) in [6.07, 6.45) is 3.73. The first kappa shape index (κ1) is 20.6. The van der Waals surface area contributed by atoms with E-state index in [2.05, 4.69) is 26.3 Å². The SMILES string of the molecule is COc1nc2c(F)c(-c3cc(O)cc4ccccc34)ncc2c(N2CC3CCC(C2)N3)c1C#N. The van der Waals surface area contributed by atoms with Gasteiger partial charge in [-0.1, -0.05) is 24.3 Å². The molecule has 0 spiro atoms. The van der Waals surface area contributed by atoms with Gasteiger partial charge in [-0.3, -0.25) is 4.98 Å². The molecule has 4 heterocycles. The molecule has 2 atom stereocenters. The van der Waals surface area contributed by atoms with Crippen molar-refractivity contribution in [3.63, 3.8) is 0 Å². The molecule has 4 aromatic rings. The number of fused-ring (bicyclic) bond motifs is 4. The van der Waals surface area contributed by atoms with Crippen LogP contribution in [0.25, 0.3) is 32.9 Å². The summed E-state index contributed by atoms with van der Waals surface area (Å²) >= 11 is 0. The standard InChI is InChI=1S/C26H22FN5O2/c1-34-26-20(10-28)25(32-12-15-6-7-16(13-32)30-15)21-11-29-23(22(27)24(21)31-26)19-9-17(33)8-14-4-2-3-5-18(14)19/h2-5,8-9,11,15-16,30,33H,6-7,12-13H2,1H3. The van der Waals surface area contributed by atoms with E-state index in [4.69, 9.17) is 4.74 Å². The van der Waals surface area contributed by atoms with Gasteiger partial charge in [0.05, 0.1) is 12.8 Å². The van der Waals surface area contributed by atoms with Gasteiger partial charge >= 0.3 is 0 Å². The van der Waals surface area contributed by atoms with Gasteiger partial charge in [0.15, 0.2) is 5.82 Å². The van der Waals surface area contributed by atoms with E-state index in [0.717, 1.165) is 23.6 Å². The molecule has 2 bridgehead atoms. The average Bonchev–Trinajstić information content (AvgIpc) is 3.19. The van der Waals surface area contributed by atoms with E-state index < -0.39 is 5.82 Å². The van der Waals surface area contributed by atoms with Crippen LogP contribution in [0, 0.1) is 17.1 Å². The minimum absolute atomic E-state index is 0.0253. The molecule has 8 heteroatoms. The summed E-state index contributed by atoms with van der Waals surface area (Å²) < 4.78 is 21.5. The van der Waals surface area contributed by atoms with Gasteiger partial charge in [-0.25, -0.2) is 9.37 Å². The predicted octanol–water partition coefficient (Wildman–Crippen LogP) is 4.12. The Balaban J connectivity index is 1.61. The van der Waals surface area contributed by atoms with Crippen LogP contribution in [0.4, 0.5) is 10.1 Å². The highest BCUT2D eigenvalue weighted by molar-refractivity contribution is 6.01. The number of hydrogen-bond acceptors (Lipinski definition) is 7. The van der Waals surface area contributed by atoms with Crippen molar-refractivity contribution in [1.29, 1.82) is 5.26 Å². The van der Waals surface area contributed by atoms with Crippen LogP contribution in [-0.4, -0.2) is 47.4 Å². The van der Waals surface area contributed by atoms with Gasteiger partial charge in [0.2, 0.25) is 5.88 Å². The maximum Gasteiger partial charge on any atom is 0.234 e. The van der Waals surface area contributed by atoms with Crippen molar-refractivity contribution in [3.8, 4) is 29.0 Å². The van der Waals surface area contributed by atoms with E-state index in [1.165, 1.54) is 13.2 Å². The Morgan fingerprint density at radius 2 is 1.94 bits per heavy atom. The number of phenols is 1. The molecule has 2 aromatic heterocycles. The first-order valence-corrected chi connectivity index (χ1v) is 11.3. The topological polar surface area (TPSA) is 94.3 Å². The molecule has 6 rings (SSSR count). The molecule has 2 N–H and O–H groups in total. The number of halogens is 1. The molecular formula is C26H22FN5O2. The Kier molecular flexibility index (Phi) is 4.74. The van der Waals surface area contributed by atoms with Gasteiger partial charge in [-0.2, -0.15) is 5.26 Å². The first-order valence-electron chi connectivity index (χ1n) is 11.3. The molecule has 2 unspecified atom stereocenters. The lowest BCUT2D eigenvalue weighted by molar-refractivity contribution is 0.397. The van der Waals surface area contributed by atoms with E-state index in [1.807, 2.05) is 24.3 Å². The van der Waals surface area contributed by atoms with Gasteiger partial charge < -0.3 is 20.1 Å². The van der Waals surface area contributed by atoms with Gasteiger partial charge in [-0.05, 0) is 35.7 Å². The Labute approximate surface area is 195 Å². The number of hydrogen-bond donors (Lipinski definition) is 2. The zero-order valence-electron chi connectivity index (χ0n) is 18.5. The van der Waals surface area contributed by atoms with Crippen LogP contribution < -0.4 is 15.0 Å². The van der Waals surface area contributed by atoms with Crippen molar-refractivity contribution in [2.45, 2.75) is 24.9 Å². The summed E-state index contributed by atoms with van der Waals surface area (Å²) in [7, 11) is 1.43. The molecule has 2 fully saturated rings. The third-order valence-electron chi connectivity index (χ3n) is 6.85. The molecule has 0 aliphatic carbocycles. The number of ether oxygens (including phenoxy) is 1. The molecular weight excluding hydrogens is 433 g/mol. The van der Waals surface area contributed by atoms with Crippen LogP contribution in [0.5, 0.6) is 11.6 Å². The zero-order valence-corrected chi connectivity index (χ0v) is 18.5. The first-order chi connectivity index (χ1) is 16.6. The molecule has 2 aliphatic rings. The molecule has 7 nitrogen and oxygen atoms in total. The number of phenolic OH excluding ortho intramolecular Hbond substituents is 1. The zero-order chi connectivity index (χ0) is 23.4. The molecule has 0 saturated carbocycles. The van der Waals surface area contributed by atoms with E-state index in [0.29, 0.717) is 41.8 Å². The van der Waals surface area contributed by atoms with Crippen molar-refractivity contribution in [3.05, 3.63) is 54.0 Å². The number of nitrogens with one attached hydrogen (secondary N) is 1. The number of anilines is 1. The Bertz CT molecular complexity index is 1490. The van der Waals surface area contributed by atoms with Gasteiger partial charge in [0.1, 0.15) is 28.6 Å². The Morgan fingerprint density at radius 3 is 2.68 bits per heavy atom. The van der Waals surface area contributed by atoms with Crippen LogP contribution in [0.3, 0.4) is 0 Å². The molecule has 2 aliphatic heterocycles. The third-order valence-corrected chi connectivity index (χ3v) is 6.85. The predicted molar refractivity (Wildman–Crippen MR) is 128 cm³/mol. The number of nitriles is 1. The molecule has 2 aromatic carbocycles. The van der Waals surface area contributed by atoms with Crippen LogP contribution in [0.2, 0.25) is 0 Å². The third kappa shape index (κ3) is 3.12. The van der Waals surface area contributed by atoms with Gasteiger partial charge in [-0.15, -0.1) is 0 Å². The highest BCUT2D eigenvalue weighted by Gasteiger charge is 2.35. The fourth-order valence-corrected chi connectivity index (χ4v) is 5.39. The highest BCUT2D eigenvalue weighted by atomic mass is 19.1. The molecule has 170 valence electrons. The number of pyridine rings is 2. The fourth-order valence-electron chi connectivity index (χ4n) is 5.39. The van der Waals surface area contributed by atoms with Crippen LogP contribution in [0.15, 0.2) is 42.6 Å². The quantitative estimate of drug-likeness (QED) is 0.480. The summed E-state index contributed by atoms with van der Waals surface area (Å²) in [4.78, 5) is 11.0. The second kappa shape index (κ2) is 7.82. The Hall–Kier alpha value is -3.96. The second-order valence-corrected chi connectivity index (χ2v) is 8.90.